The molecule has 0 aliphatic rings. The minimum Gasteiger partial charge on any atom is -0.507 e. The third-order valence-corrected chi connectivity index (χ3v) is 3.46. The van der Waals surface area contributed by atoms with Gasteiger partial charge in [-0.1, -0.05) is 24.3 Å². The summed E-state index contributed by atoms with van der Waals surface area (Å²) in [7, 11) is 0. The van der Waals surface area contributed by atoms with Gasteiger partial charge in [-0.05, 0) is 38.1 Å². The van der Waals surface area contributed by atoms with Crippen molar-refractivity contribution in [3.63, 3.8) is 0 Å². The molecule has 0 saturated heterocycles. The van der Waals surface area contributed by atoms with Crippen LogP contribution < -0.4 is 0 Å². The molecule has 0 fully saturated rings. The molecule has 159 valence electrons. The normalized spacial score (nSPS) is 12.5. The van der Waals surface area contributed by atoms with Gasteiger partial charge in [0.2, 0.25) is 0 Å². The van der Waals surface area contributed by atoms with Gasteiger partial charge >= 0.3 is 11.9 Å². The van der Waals surface area contributed by atoms with E-state index in [1.54, 1.807) is 36.4 Å². The van der Waals surface area contributed by atoms with Crippen molar-refractivity contribution in [3.8, 4) is 11.5 Å². The molecule has 0 amide bonds. The van der Waals surface area contributed by atoms with Gasteiger partial charge in [0.25, 0.3) is 0 Å². The van der Waals surface area contributed by atoms with Crippen LogP contribution in [0.5, 0.6) is 11.5 Å². The van der Waals surface area contributed by atoms with Crippen molar-refractivity contribution in [2.45, 2.75) is 25.9 Å². The largest absolute Gasteiger partial charge is 0.507 e. The van der Waals surface area contributed by atoms with Crippen molar-refractivity contribution in [1.82, 2.24) is 0 Å². The molecular weight excluding hydrogens is 428 g/mol. The van der Waals surface area contributed by atoms with E-state index in [1.807, 2.05) is 0 Å². The van der Waals surface area contributed by atoms with Crippen molar-refractivity contribution < 1.29 is 47.1 Å². The second kappa shape index (κ2) is 13.1. The first kappa shape index (κ1) is 25.8. The van der Waals surface area contributed by atoms with Gasteiger partial charge in [-0.3, -0.25) is 9.98 Å². The fourth-order valence-corrected chi connectivity index (χ4v) is 1.71. The van der Waals surface area contributed by atoms with Crippen LogP contribution in [0.25, 0.3) is 0 Å². The van der Waals surface area contributed by atoms with Crippen LogP contribution in [0.3, 0.4) is 0 Å². The summed E-state index contributed by atoms with van der Waals surface area (Å²) in [4.78, 5) is 28.4. The second-order valence-corrected chi connectivity index (χ2v) is 5.70. The Kier molecular flexibility index (Phi) is 11.7. The molecule has 1 radical (unpaired) electrons. The van der Waals surface area contributed by atoms with Gasteiger partial charge in [-0.15, -0.1) is 0 Å². The van der Waals surface area contributed by atoms with Crippen molar-refractivity contribution in [1.29, 1.82) is 0 Å². The van der Waals surface area contributed by atoms with Crippen LogP contribution in [0, 0.1) is 0 Å². The Morgan fingerprint density at radius 2 is 1.07 bits per heavy atom. The summed E-state index contributed by atoms with van der Waals surface area (Å²) in [6.07, 6.45) is 2.71. The SMILES string of the molecule is CC(N=Cc1ccccc1O)C(=O)O.CC(N=Cc1ccccc1O)C(=O)O.[Cu]. The van der Waals surface area contributed by atoms with Crippen LogP contribution in [0.1, 0.15) is 25.0 Å². The zero-order valence-corrected chi connectivity index (χ0v) is 16.7. The minimum atomic E-state index is -0.989. The van der Waals surface area contributed by atoms with Gasteiger partial charge < -0.3 is 20.4 Å². The average molecular weight is 450 g/mol. The van der Waals surface area contributed by atoms with E-state index >= 15 is 0 Å². The first-order valence-corrected chi connectivity index (χ1v) is 8.30. The van der Waals surface area contributed by atoms with Crippen LogP contribution in [-0.4, -0.2) is 56.9 Å². The number of rotatable bonds is 6. The molecule has 29 heavy (non-hydrogen) atoms. The topological polar surface area (TPSA) is 140 Å². The Hall–Kier alpha value is -3.16. The van der Waals surface area contributed by atoms with Gasteiger partial charge in [0, 0.05) is 40.6 Å². The minimum absolute atomic E-state index is 0. The molecule has 0 bridgehead atoms. The molecule has 0 saturated carbocycles. The second-order valence-electron chi connectivity index (χ2n) is 5.70. The van der Waals surface area contributed by atoms with E-state index in [1.165, 1.54) is 38.4 Å². The van der Waals surface area contributed by atoms with Crippen LogP contribution >= 0.6 is 0 Å². The number of phenolic OH excluding ortho intramolecular Hbond substituents is 2. The number of carbonyl (C=O) groups is 2. The van der Waals surface area contributed by atoms with Gasteiger partial charge in [0.15, 0.2) is 0 Å². The molecular formula is C20H22CuN2O6. The summed E-state index contributed by atoms with van der Waals surface area (Å²) >= 11 is 0. The summed E-state index contributed by atoms with van der Waals surface area (Å²) in [6, 6.07) is 11.6. The zero-order valence-electron chi connectivity index (χ0n) is 15.7. The third kappa shape index (κ3) is 9.55. The summed E-state index contributed by atoms with van der Waals surface area (Å²) in [5, 5.41) is 35.8. The van der Waals surface area contributed by atoms with E-state index < -0.39 is 24.0 Å². The Morgan fingerprint density at radius 3 is 1.34 bits per heavy atom. The maximum absolute atomic E-state index is 10.4. The summed E-state index contributed by atoms with van der Waals surface area (Å²) in [6.45, 7) is 2.94. The molecule has 2 aromatic carbocycles. The summed E-state index contributed by atoms with van der Waals surface area (Å²) in [5.41, 5.74) is 1.03. The maximum atomic E-state index is 10.4. The number of benzene rings is 2. The number of aliphatic carboxylic acids is 2. The number of nitrogens with zero attached hydrogens (tertiary/aromatic N) is 2. The molecule has 2 aromatic rings. The van der Waals surface area contributed by atoms with Crippen LogP contribution in [-0.2, 0) is 26.7 Å². The number of carboxylic acids is 2. The van der Waals surface area contributed by atoms with Gasteiger partial charge in [0.1, 0.15) is 23.6 Å². The third-order valence-electron chi connectivity index (χ3n) is 3.46. The number of phenols is 2. The van der Waals surface area contributed by atoms with Crippen molar-refractivity contribution in [3.05, 3.63) is 59.7 Å². The van der Waals surface area contributed by atoms with Crippen LogP contribution in [0.2, 0.25) is 0 Å². The van der Waals surface area contributed by atoms with Gasteiger partial charge in [-0.25, -0.2) is 9.59 Å². The zero-order chi connectivity index (χ0) is 21.1. The fourth-order valence-electron chi connectivity index (χ4n) is 1.71. The van der Waals surface area contributed by atoms with Gasteiger partial charge in [0.05, 0.1) is 0 Å². The monoisotopic (exact) mass is 449 g/mol. The predicted octanol–water partition coefficient (Wildman–Crippen LogP) is 2.57. The standard InChI is InChI=1S/2C10H11NO3.Cu/c2*1-7(10(13)14)11-6-8-4-2-3-5-9(8)12;/h2*2-7,12H,1H3,(H,13,14);. The number of carboxylic acid groups (broad SMARTS) is 2. The molecule has 0 spiro atoms. The van der Waals surface area contributed by atoms with E-state index in [-0.39, 0.29) is 28.6 Å². The van der Waals surface area contributed by atoms with E-state index in [4.69, 9.17) is 10.2 Å². The molecule has 4 N–H and O–H groups in total. The Morgan fingerprint density at radius 1 is 0.759 bits per heavy atom. The van der Waals surface area contributed by atoms with Gasteiger partial charge in [-0.2, -0.15) is 0 Å². The molecule has 2 rings (SSSR count). The van der Waals surface area contributed by atoms with E-state index in [9.17, 15) is 19.8 Å². The molecule has 0 aliphatic carbocycles. The van der Waals surface area contributed by atoms with Crippen LogP contribution in [0.4, 0.5) is 0 Å². The summed E-state index contributed by atoms with van der Waals surface area (Å²) < 4.78 is 0. The fraction of sp³-hybridized carbons (Fsp3) is 0.200. The number of aliphatic imine (C=N–C) groups is 2. The van der Waals surface area contributed by atoms with Crippen molar-refractivity contribution in [2.24, 2.45) is 9.98 Å². The van der Waals surface area contributed by atoms with Crippen LogP contribution in [0.15, 0.2) is 58.5 Å². The first-order valence-electron chi connectivity index (χ1n) is 8.30. The molecule has 2 atom stereocenters. The van der Waals surface area contributed by atoms with E-state index in [0.29, 0.717) is 11.1 Å². The Balaban J connectivity index is 0.000000523. The molecule has 0 heterocycles. The maximum Gasteiger partial charge on any atom is 0.328 e. The Bertz CT molecular complexity index is 798. The van der Waals surface area contributed by atoms with Crippen molar-refractivity contribution >= 4 is 24.4 Å². The summed E-state index contributed by atoms with van der Waals surface area (Å²) in [5.74, 6) is -1.80. The molecule has 9 heteroatoms. The number of aromatic hydroxyl groups is 2. The Labute approximate surface area is 178 Å². The van der Waals surface area contributed by atoms with Crippen molar-refractivity contribution in [2.75, 3.05) is 0 Å². The molecule has 8 nitrogen and oxygen atoms in total. The quantitative estimate of drug-likeness (QED) is 0.394. The van der Waals surface area contributed by atoms with E-state index in [2.05, 4.69) is 9.98 Å². The predicted molar refractivity (Wildman–Crippen MR) is 106 cm³/mol. The molecule has 2 unspecified atom stereocenters. The first-order chi connectivity index (χ1) is 13.2. The van der Waals surface area contributed by atoms with E-state index in [0.717, 1.165) is 0 Å². The number of para-hydroxylation sites is 2. The molecule has 0 aliphatic heterocycles. The smallest absolute Gasteiger partial charge is 0.328 e. The number of hydrogen-bond acceptors (Lipinski definition) is 6. The molecule has 0 aromatic heterocycles. The number of hydrogen-bond donors (Lipinski definition) is 4. The average Bonchev–Trinajstić information content (AvgIpc) is 2.66.